The summed E-state index contributed by atoms with van der Waals surface area (Å²) >= 11 is 2.92. The highest BCUT2D eigenvalue weighted by Crippen LogP contribution is 2.31. The van der Waals surface area contributed by atoms with Crippen LogP contribution in [0, 0.1) is 10.1 Å². The second-order valence-electron chi connectivity index (χ2n) is 3.17. The molecule has 1 atom stereocenters. The number of hydrogen-bond acceptors (Lipinski definition) is 3. The molecule has 0 aliphatic heterocycles. The average molecular weight is 314 g/mol. The Balaban J connectivity index is 2.94. The number of alkyl halides is 3. The smallest absolute Gasteiger partial charge is 0.425 e. The van der Waals surface area contributed by atoms with Crippen molar-refractivity contribution in [2.75, 3.05) is 0 Å². The third kappa shape index (κ3) is 3.58. The standard InChI is InChI=1S/C9H7BrF3NO3/c1-5(9(11,12)13)17-6-2-3-7(10)8(4-6)14(15)16/h2-5H,1H3. The number of nitro benzene ring substituents is 1. The summed E-state index contributed by atoms with van der Waals surface area (Å²) in [6.45, 7) is 0.827. The van der Waals surface area contributed by atoms with Crippen LogP contribution in [0.2, 0.25) is 0 Å². The van der Waals surface area contributed by atoms with Crippen molar-refractivity contribution >= 4 is 21.6 Å². The lowest BCUT2D eigenvalue weighted by Gasteiger charge is -2.17. The number of halogens is 4. The molecular formula is C9H7BrF3NO3. The van der Waals surface area contributed by atoms with Gasteiger partial charge in [0.05, 0.1) is 15.5 Å². The van der Waals surface area contributed by atoms with Crippen LogP contribution in [0.1, 0.15) is 6.92 Å². The summed E-state index contributed by atoms with van der Waals surface area (Å²) in [6.07, 6.45) is -6.54. The molecule has 0 radical (unpaired) electrons. The van der Waals surface area contributed by atoms with Gasteiger partial charge in [-0.2, -0.15) is 13.2 Å². The van der Waals surface area contributed by atoms with Gasteiger partial charge >= 0.3 is 6.18 Å². The van der Waals surface area contributed by atoms with Crippen LogP contribution in [-0.4, -0.2) is 17.2 Å². The van der Waals surface area contributed by atoms with Crippen molar-refractivity contribution in [3.63, 3.8) is 0 Å². The maximum absolute atomic E-state index is 12.2. The molecule has 0 saturated carbocycles. The van der Waals surface area contributed by atoms with E-state index in [1.807, 2.05) is 0 Å². The topological polar surface area (TPSA) is 52.4 Å². The van der Waals surface area contributed by atoms with E-state index < -0.39 is 17.2 Å². The van der Waals surface area contributed by atoms with Crippen LogP contribution < -0.4 is 4.74 Å². The van der Waals surface area contributed by atoms with Gasteiger partial charge in [-0.25, -0.2) is 0 Å². The number of rotatable bonds is 3. The van der Waals surface area contributed by atoms with Gasteiger partial charge in [-0.15, -0.1) is 0 Å². The summed E-state index contributed by atoms with van der Waals surface area (Å²) < 4.78 is 41.4. The lowest BCUT2D eigenvalue weighted by atomic mass is 10.3. The predicted octanol–water partition coefficient (Wildman–Crippen LogP) is 3.69. The van der Waals surface area contributed by atoms with E-state index in [9.17, 15) is 23.3 Å². The van der Waals surface area contributed by atoms with Gasteiger partial charge in [0, 0.05) is 0 Å². The van der Waals surface area contributed by atoms with Gasteiger partial charge < -0.3 is 4.74 Å². The fraction of sp³-hybridized carbons (Fsp3) is 0.333. The summed E-state index contributed by atoms with van der Waals surface area (Å²) in [7, 11) is 0. The van der Waals surface area contributed by atoms with E-state index in [0.717, 1.165) is 13.0 Å². The Morgan fingerprint density at radius 2 is 2.06 bits per heavy atom. The van der Waals surface area contributed by atoms with Gasteiger partial charge in [0.1, 0.15) is 5.75 Å². The van der Waals surface area contributed by atoms with E-state index in [-0.39, 0.29) is 15.9 Å². The molecule has 0 aliphatic rings. The van der Waals surface area contributed by atoms with E-state index >= 15 is 0 Å². The van der Waals surface area contributed by atoms with Crippen molar-refractivity contribution in [2.24, 2.45) is 0 Å². The Morgan fingerprint density at radius 1 is 1.47 bits per heavy atom. The molecule has 1 aromatic rings. The van der Waals surface area contributed by atoms with Crippen LogP contribution in [-0.2, 0) is 0 Å². The highest BCUT2D eigenvalue weighted by Gasteiger charge is 2.38. The maximum atomic E-state index is 12.2. The maximum Gasteiger partial charge on any atom is 0.425 e. The minimum Gasteiger partial charge on any atom is -0.481 e. The predicted molar refractivity (Wildman–Crippen MR) is 56.9 cm³/mol. The van der Waals surface area contributed by atoms with Gasteiger partial charge in [0.15, 0.2) is 6.10 Å². The monoisotopic (exact) mass is 313 g/mol. The molecule has 0 fully saturated rings. The van der Waals surface area contributed by atoms with Crippen LogP contribution >= 0.6 is 15.9 Å². The van der Waals surface area contributed by atoms with Gasteiger partial charge in [0.25, 0.3) is 5.69 Å². The zero-order valence-electron chi connectivity index (χ0n) is 8.49. The Morgan fingerprint density at radius 3 is 2.53 bits per heavy atom. The minimum atomic E-state index is -4.51. The molecule has 0 aromatic heterocycles. The summed E-state index contributed by atoms with van der Waals surface area (Å²) in [4.78, 5) is 9.84. The van der Waals surface area contributed by atoms with Crippen molar-refractivity contribution in [2.45, 2.75) is 19.2 Å². The normalized spacial score (nSPS) is 13.2. The summed E-state index contributed by atoms with van der Waals surface area (Å²) in [5.41, 5.74) is -0.350. The Bertz CT molecular complexity index is 436. The number of benzene rings is 1. The first-order chi connectivity index (χ1) is 7.71. The molecular weight excluding hydrogens is 307 g/mol. The molecule has 8 heteroatoms. The number of nitro groups is 1. The zero-order chi connectivity index (χ0) is 13.2. The average Bonchev–Trinajstić information content (AvgIpc) is 2.19. The fourth-order valence-electron chi connectivity index (χ4n) is 0.977. The zero-order valence-corrected chi connectivity index (χ0v) is 10.1. The minimum absolute atomic E-state index is 0.175. The van der Waals surface area contributed by atoms with E-state index in [1.54, 1.807) is 0 Å². The summed E-state index contributed by atoms with van der Waals surface area (Å²) in [6, 6.07) is 3.42. The van der Waals surface area contributed by atoms with Crippen LogP contribution in [0.4, 0.5) is 18.9 Å². The molecule has 0 N–H and O–H groups in total. The highest BCUT2D eigenvalue weighted by atomic mass is 79.9. The van der Waals surface area contributed by atoms with Gasteiger partial charge in [-0.05, 0) is 35.0 Å². The molecule has 0 saturated heterocycles. The van der Waals surface area contributed by atoms with Crippen molar-refractivity contribution in [3.8, 4) is 5.75 Å². The van der Waals surface area contributed by atoms with Gasteiger partial charge in [-0.3, -0.25) is 10.1 Å². The summed E-state index contributed by atoms with van der Waals surface area (Å²) in [5, 5.41) is 10.6. The van der Waals surface area contributed by atoms with Crippen molar-refractivity contribution < 1.29 is 22.8 Å². The molecule has 17 heavy (non-hydrogen) atoms. The van der Waals surface area contributed by atoms with E-state index in [1.165, 1.54) is 12.1 Å². The first kappa shape index (κ1) is 13.8. The molecule has 0 heterocycles. The van der Waals surface area contributed by atoms with E-state index in [4.69, 9.17) is 0 Å². The lowest BCUT2D eigenvalue weighted by molar-refractivity contribution is -0.385. The molecule has 4 nitrogen and oxygen atoms in total. The molecule has 0 amide bonds. The first-order valence-electron chi connectivity index (χ1n) is 4.39. The van der Waals surface area contributed by atoms with Gasteiger partial charge in [-0.1, -0.05) is 0 Å². The summed E-state index contributed by atoms with van der Waals surface area (Å²) in [5.74, 6) is -0.204. The van der Waals surface area contributed by atoms with E-state index in [2.05, 4.69) is 20.7 Å². The van der Waals surface area contributed by atoms with Crippen molar-refractivity contribution in [1.29, 1.82) is 0 Å². The second kappa shape index (κ2) is 4.91. The molecule has 1 rings (SSSR count). The first-order valence-corrected chi connectivity index (χ1v) is 5.18. The highest BCUT2D eigenvalue weighted by molar-refractivity contribution is 9.10. The van der Waals surface area contributed by atoms with E-state index in [0.29, 0.717) is 0 Å². The number of ether oxygens (including phenoxy) is 1. The Kier molecular flexibility index (Phi) is 3.97. The lowest BCUT2D eigenvalue weighted by Crippen LogP contribution is -2.31. The molecule has 0 aliphatic carbocycles. The molecule has 1 aromatic carbocycles. The molecule has 0 spiro atoms. The van der Waals surface area contributed by atoms with Gasteiger partial charge in [0.2, 0.25) is 0 Å². The van der Waals surface area contributed by atoms with Crippen LogP contribution in [0.5, 0.6) is 5.75 Å². The molecule has 94 valence electrons. The van der Waals surface area contributed by atoms with Crippen molar-refractivity contribution in [3.05, 3.63) is 32.8 Å². The third-order valence-electron chi connectivity index (χ3n) is 1.89. The number of nitrogens with zero attached hydrogens (tertiary/aromatic N) is 1. The molecule has 1 unspecified atom stereocenters. The SMILES string of the molecule is CC(Oc1ccc(Br)c([N+](=O)[O-])c1)C(F)(F)F. The van der Waals surface area contributed by atoms with Crippen LogP contribution in [0.15, 0.2) is 22.7 Å². The quantitative estimate of drug-likeness (QED) is 0.631. The Labute approximate surface area is 103 Å². The second-order valence-corrected chi connectivity index (χ2v) is 4.03. The fourth-order valence-corrected chi connectivity index (χ4v) is 1.37. The Hall–Kier alpha value is -1.31. The third-order valence-corrected chi connectivity index (χ3v) is 2.56. The van der Waals surface area contributed by atoms with Crippen LogP contribution in [0.3, 0.4) is 0 Å². The van der Waals surface area contributed by atoms with Crippen molar-refractivity contribution in [1.82, 2.24) is 0 Å². The largest absolute Gasteiger partial charge is 0.481 e. The van der Waals surface area contributed by atoms with Crippen LogP contribution in [0.25, 0.3) is 0 Å². The number of hydrogen-bond donors (Lipinski definition) is 0. The molecule has 0 bridgehead atoms.